The van der Waals surface area contributed by atoms with Gasteiger partial charge in [-0.2, -0.15) is 0 Å². The highest BCUT2D eigenvalue weighted by molar-refractivity contribution is 5.99. The Morgan fingerprint density at radius 2 is 0.574 bits per heavy atom. The van der Waals surface area contributed by atoms with Crippen LogP contribution in [0.15, 0.2) is 0 Å². The molecule has 0 radical (unpaired) electrons. The van der Waals surface area contributed by atoms with Crippen LogP contribution >= 0.6 is 0 Å². The van der Waals surface area contributed by atoms with E-state index in [1.54, 1.807) is 83.1 Å². The first kappa shape index (κ1) is 98.6. The predicted molar refractivity (Wildman–Crippen MR) is 400 cm³/mol. The monoisotopic (exact) mass is 1530 g/mol. The van der Waals surface area contributed by atoms with E-state index < -0.39 is 216 Å². The number of rotatable bonds is 54. The molecule has 0 spiro atoms. The molecule has 0 aliphatic carbocycles. The molecular formula is C74H124N14O20. The van der Waals surface area contributed by atoms with Gasteiger partial charge in [-0.25, -0.2) is 9.59 Å². The van der Waals surface area contributed by atoms with E-state index in [0.717, 1.165) is 0 Å². The van der Waals surface area contributed by atoms with Crippen molar-refractivity contribution in [2.24, 2.45) is 47.0 Å². The predicted octanol–water partition coefficient (Wildman–Crippen LogP) is 0.844. The van der Waals surface area contributed by atoms with Gasteiger partial charge >= 0.3 is 23.9 Å². The fraction of sp³-hybridized carbons (Fsp3) is 0.730. The zero-order valence-electron chi connectivity index (χ0n) is 65.4. The Labute approximate surface area is 634 Å². The van der Waals surface area contributed by atoms with Gasteiger partial charge in [-0.1, -0.05) is 108 Å². The minimum atomic E-state index is -1.38. The summed E-state index contributed by atoms with van der Waals surface area (Å²) >= 11 is 0. The van der Waals surface area contributed by atoms with Crippen LogP contribution in [0, 0.1) is 59.2 Å². The molecule has 108 heavy (non-hydrogen) atoms. The maximum absolute atomic E-state index is 14.1. The van der Waals surface area contributed by atoms with Gasteiger partial charge < -0.3 is 95.7 Å². The Morgan fingerprint density at radius 3 is 0.843 bits per heavy atom. The molecule has 34 nitrogen and oxygen atoms in total. The van der Waals surface area contributed by atoms with E-state index in [0.29, 0.717) is 77.0 Å². The number of hydrogen-bond acceptors (Lipinski definition) is 18. The summed E-state index contributed by atoms with van der Waals surface area (Å²) in [5.41, 5.74) is 11.5. The fourth-order valence-electron chi connectivity index (χ4n) is 10.7. The zero-order valence-corrected chi connectivity index (χ0v) is 65.4. The topological polar surface area (TPSA) is 550 Å². The molecule has 2 unspecified atom stereocenters. The lowest BCUT2D eigenvalue weighted by Crippen LogP contribution is -2.61. The van der Waals surface area contributed by atoms with E-state index in [-0.39, 0.29) is 51.6 Å². The summed E-state index contributed by atoms with van der Waals surface area (Å²) in [7, 11) is 0. The molecule has 0 bridgehead atoms. The Morgan fingerprint density at radius 1 is 0.296 bits per heavy atom. The van der Waals surface area contributed by atoms with E-state index in [1.807, 2.05) is 0 Å². The second kappa shape index (κ2) is 53.4. The van der Waals surface area contributed by atoms with E-state index in [2.05, 4.69) is 87.5 Å². The summed E-state index contributed by atoms with van der Waals surface area (Å²) in [5, 5.41) is 69.1. The molecule has 0 aliphatic rings. The molecule has 610 valence electrons. The summed E-state index contributed by atoms with van der Waals surface area (Å²) < 4.78 is 0. The summed E-state index contributed by atoms with van der Waals surface area (Å²) in [6, 6.07) is -15.1. The van der Waals surface area contributed by atoms with Crippen molar-refractivity contribution in [3.63, 3.8) is 0 Å². The average molecular weight is 1530 g/mol. The zero-order chi connectivity index (χ0) is 82.5. The van der Waals surface area contributed by atoms with Crippen molar-refractivity contribution in [3.8, 4) is 23.7 Å². The molecule has 14 atom stereocenters. The molecular weight excluding hydrogens is 1400 g/mol. The van der Waals surface area contributed by atoms with Gasteiger partial charge in [-0.05, 0) is 151 Å². The van der Waals surface area contributed by atoms with Crippen LogP contribution in [0.2, 0.25) is 0 Å². The van der Waals surface area contributed by atoms with Crippen LogP contribution in [0.25, 0.3) is 0 Å². The van der Waals surface area contributed by atoms with Crippen molar-refractivity contribution < 1.29 is 97.1 Å². The number of unbranched alkanes of at least 4 members (excludes halogenated alkanes) is 6. The summed E-state index contributed by atoms with van der Waals surface area (Å²) in [6.07, 6.45) is 2.80. The largest absolute Gasteiger partial charge is 0.481 e. The van der Waals surface area contributed by atoms with Crippen molar-refractivity contribution in [1.82, 2.24) is 63.8 Å². The number of carboxylic acids is 4. The molecule has 34 heteroatoms. The average Bonchev–Trinajstić information content (AvgIpc) is 0.853. The smallest absolute Gasteiger partial charge is 0.326 e. The molecule has 0 aromatic carbocycles. The van der Waals surface area contributed by atoms with Crippen LogP contribution in [0.4, 0.5) is 0 Å². The van der Waals surface area contributed by atoms with Crippen LogP contribution in [0.1, 0.15) is 225 Å². The molecule has 12 amide bonds. The van der Waals surface area contributed by atoms with E-state index >= 15 is 0 Å². The normalized spacial score (nSPS) is 15.0. The first-order valence-electron chi connectivity index (χ1n) is 37.6. The van der Waals surface area contributed by atoms with Crippen LogP contribution in [-0.2, 0) is 76.7 Å². The second-order valence-corrected chi connectivity index (χ2v) is 28.6. The third kappa shape index (κ3) is 39.4. The first-order chi connectivity index (χ1) is 50.7. The number of nitrogens with one attached hydrogen (secondary N) is 12. The Hall–Kier alpha value is -9.44. The van der Waals surface area contributed by atoms with Gasteiger partial charge in [-0.15, -0.1) is 0 Å². The number of carbonyl (C=O) groups excluding carboxylic acids is 12. The van der Waals surface area contributed by atoms with Crippen LogP contribution in [0.3, 0.4) is 0 Å². The van der Waals surface area contributed by atoms with Crippen molar-refractivity contribution in [2.75, 3.05) is 13.1 Å². The molecule has 0 fully saturated rings. The molecule has 0 saturated carbocycles. The Kier molecular flexibility index (Phi) is 48.7. The number of aliphatic carboxylic acids is 4. The van der Waals surface area contributed by atoms with Gasteiger partial charge in [0.2, 0.25) is 70.9 Å². The Balaban J connectivity index is 5.91. The lowest BCUT2D eigenvalue weighted by molar-refractivity contribution is -0.144. The van der Waals surface area contributed by atoms with E-state index in [1.165, 1.54) is 13.8 Å². The molecule has 0 aliphatic heterocycles. The number of hydrogen-bond donors (Lipinski definition) is 18. The van der Waals surface area contributed by atoms with Gasteiger partial charge in [0.25, 0.3) is 0 Å². The summed E-state index contributed by atoms with van der Waals surface area (Å²) in [6.45, 7) is 23.1. The Bertz CT molecular complexity index is 2920. The second-order valence-electron chi connectivity index (χ2n) is 28.6. The minimum Gasteiger partial charge on any atom is -0.481 e. The number of carbonyl (C=O) groups is 16. The van der Waals surface area contributed by atoms with E-state index in [4.69, 9.17) is 11.5 Å². The van der Waals surface area contributed by atoms with Gasteiger partial charge in [-0.3, -0.25) is 67.1 Å². The number of nitrogens with two attached hydrogens (primary N) is 2. The molecule has 0 aromatic heterocycles. The first-order valence-corrected chi connectivity index (χ1v) is 37.6. The SMILES string of the molecule is CCC(C)[C@H](NC(=O)[C@H](CCC(=O)O)NC(=O)CCCCC#CC#CCCCCC(=O)N[C@@H](CCC(=O)O)C(=O)N[C@H](C(=O)N[C@@H](CCCCN)C(=O)N[C@H](C(=O)N[C@@H](C)C(=O)N[C@H](C(=O)O)C(C)C)C(C)C)C(C)CC)C(=O)N[C@@H](CCCCN)C(=O)N[C@H](C(=O)N[C@@H](C)C(=O)N[C@H](C(=O)O)C(C)C)C(C)C. The van der Waals surface area contributed by atoms with Gasteiger partial charge in [0, 0.05) is 38.5 Å². The minimum absolute atomic E-state index is 0.0633. The molecule has 20 N–H and O–H groups in total. The van der Waals surface area contributed by atoms with Crippen molar-refractivity contribution in [1.29, 1.82) is 0 Å². The maximum Gasteiger partial charge on any atom is 0.326 e. The fourth-order valence-corrected chi connectivity index (χ4v) is 10.7. The van der Waals surface area contributed by atoms with Gasteiger partial charge in [0.05, 0.1) is 0 Å². The quantitative estimate of drug-likeness (QED) is 0.0296. The molecule has 0 heterocycles. The third-order valence-corrected chi connectivity index (χ3v) is 18.0. The highest BCUT2D eigenvalue weighted by Crippen LogP contribution is 2.17. The number of amides is 12. The third-order valence-electron chi connectivity index (χ3n) is 18.0. The molecule has 0 saturated heterocycles. The van der Waals surface area contributed by atoms with Crippen LogP contribution < -0.4 is 75.3 Å². The summed E-state index contributed by atoms with van der Waals surface area (Å²) in [5.74, 6) is -5.88. The lowest BCUT2D eigenvalue weighted by Gasteiger charge is -2.30. The van der Waals surface area contributed by atoms with Crippen LogP contribution in [-0.4, -0.2) is 201 Å². The van der Waals surface area contributed by atoms with Gasteiger partial charge in [0.1, 0.15) is 72.5 Å². The van der Waals surface area contributed by atoms with Crippen molar-refractivity contribution in [2.45, 2.75) is 298 Å². The standard InChI is InChI=1S/C74H124N14O20/c1-15-45(11)61(71(103)81-49(31-27-29-39-75)65(97)83-57(41(3)4)69(101)77-47(13)63(95)85-59(43(7)8)73(105)106)87-67(99)51(35-37-55(91)92)79-53(89)33-25-23-21-19-17-18-20-22-24-26-34-54(90)80-52(36-38-56(93)94)68(100)88-62(46(12)16-2)72(104)82-50(32-28-30-40-76)66(98)84-58(42(5)6)70(102)78-48(14)64(96)86-60(44(9)10)74(107)108/h41-52,57-62H,15-16,21-40,75-76H2,1-14H3,(H,77,101)(H,78,102)(H,79,89)(H,80,90)(H,81,103)(H,82,104)(H,83,97)(H,84,98)(H,85,95)(H,86,96)(H,87,99)(H,88,100)(H,91,92)(H,93,94)(H,105,106)(H,107,108)/t45?,46?,47-,48-,49-,50-,51-,52-,57-,58-,59-,60-,61-,62-/m0/s1. The van der Waals surface area contributed by atoms with E-state index in [9.17, 15) is 97.1 Å². The highest BCUT2D eigenvalue weighted by Gasteiger charge is 2.38. The maximum atomic E-state index is 14.1. The summed E-state index contributed by atoms with van der Waals surface area (Å²) in [4.78, 5) is 210. The number of carboxylic acid groups (broad SMARTS) is 4. The lowest BCUT2D eigenvalue weighted by atomic mass is 9.96. The van der Waals surface area contributed by atoms with Crippen molar-refractivity contribution >= 4 is 94.8 Å². The van der Waals surface area contributed by atoms with Gasteiger partial charge in [0.15, 0.2) is 0 Å². The molecule has 0 rings (SSSR count). The van der Waals surface area contributed by atoms with Crippen LogP contribution in [0.5, 0.6) is 0 Å². The molecule has 0 aromatic rings. The van der Waals surface area contributed by atoms with Crippen molar-refractivity contribution in [3.05, 3.63) is 0 Å². The highest BCUT2D eigenvalue weighted by atomic mass is 16.4.